The highest BCUT2D eigenvalue weighted by Crippen LogP contribution is 2.29. The smallest absolute Gasteiger partial charge is 0.225 e. The summed E-state index contributed by atoms with van der Waals surface area (Å²) in [6.07, 6.45) is 3.77. The van der Waals surface area contributed by atoms with Gasteiger partial charge in [-0.3, -0.25) is 0 Å². The van der Waals surface area contributed by atoms with Crippen molar-refractivity contribution < 1.29 is 9.84 Å². The molecule has 2 saturated heterocycles. The second kappa shape index (κ2) is 5.51. The van der Waals surface area contributed by atoms with Crippen LogP contribution in [0.15, 0.2) is 12.3 Å². The predicted octanol–water partition coefficient (Wildman–Crippen LogP) is 0.663. The number of morpholine rings is 1. The first-order valence-electron chi connectivity index (χ1n) is 7.64. The second-order valence-electron chi connectivity index (χ2n) is 6.50. The van der Waals surface area contributed by atoms with Crippen LogP contribution in [0.5, 0.6) is 0 Å². The average molecular weight is 292 g/mol. The van der Waals surface area contributed by atoms with E-state index in [1.165, 1.54) is 0 Å². The highest BCUT2D eigenvalue weighted by Gasteiger charge is 2.38. The Kier molecular flexibility index (Phi) is 3.86. The molecule has 6 nitrogen and oxygen atoms in total. The molecule has 0 aromatic carbocycles. The number of hydrogen-bond acceptors (Lipinski definition) is 6. The minimum atomic E-state index is -0.948. The summed E-state index contributed by atoms with van der Waals surface area (Å²) in [7, 11) is 0. The number of rotatable bonds is 2. The topological polar surface area (TPSA) is 70.5 Å². The van der Waals surface area contributed by atoms with Crippen LogP contribution in [0, 0.1) is 0 Å². The SMILES string of the molecule is CC(C)(O)c1ccnc(N2CCOC3(CCNCC3)C2)n1. The standard InChI is InChI=1S/C15H24N4O2/c1-14(2,20)12-3-6-17-13(18-12)19-9-10-21-15(11-19)4-7-16-8-5-15/h3,6,16,20H,4-5,7-11H2,1-2H3. The molecule has 0 radical (unpaired) electrons. The van der Waals surface area contributed by atoms with Crippen molar-refractivity contribution in [2.24, 2.45) is 0 Å². The van der Waals surface area contributed by atoms with Crippen LogP contribution in [0.25, 0.3) is 0 Å². The number of aliphatic hydroxyl groups is 1. The first-order valence-corrected chi connectivity index (χ1v) is 7.64. The highest BCUT2D eigenvalue weighted by molar-refractivity contribution is 5.33. The summed E-state index contributed by atoms with van der Waals surface area (Å²) < 4.78 is 6.07. The van der Waals surface area contributed by atoms with Gasteiger partial charge in [0.15, 0.2) is 0 Å². The fraction of sp³-hybridized carbons (Fsp3) is 0.733. The molecule has 0 aliphatic carbocycles. The number of anilines is 1. The molecule has 2 aliphatic rings. The lowest BCUT2D eigenvalue weighted by molar-refractivity contribution is -0.0742. The maximum atomic E-state index is 10.1. The quantitative estimate of drug-likeness (QED) is 0.834. The summed E-state index contributed by atoms with van der Waals surface area (Å²) in [4.78, 5) is 11.1. The normalized spacial score (nSPS) is 22.5. The minimum absolute atomic E-state index is 0.0718. The van der Waals surface area contributed by atoms with E-state index >= 15 is 0 Å². The largest absolute Gasteiger partial charge is 0.384 e. The van der Waals surface area contributed by atoms with Crippen LogP contribution in [0.2, 0.25) is 0 Å². The van der Waals surface area contributed by atoms with E-state index in [0.29, 0.717) is 18.2 Å². The maximum absolute atomic E-state index is 10.1. The van der Waals surface area contributed by atoms with Gasteiger partial charge in [-0.05, 0) is 45.8 Å². The van der Waals surface area contributed by atoms with Gasteiger partial charge in [0.25, 0.3) is 0 Å². The van der Waals surface area contributed by atoms with Crippen LogP contribution in [0.3, 0.4) is 0 Å². The van der Waals surface area contributed by atoms with Gasteiger partial charge in [0.1, 0.15) is 5.60 Å². The van der Waals surface area contributed by atoms with Crippen molar-refractivity contribution in [3.63, 3.8) is 0 Å². The van der Waals surface area contributed by atoms with Crippen LogP contribution in [0.1, 0.15) is 32.4 Å². The molecule has 0 amide bonds. The minimum Gasteiger partial charge on any atom is -0.384 e. The van der Waals surface area contributed by atoms with E-state index in [1.807, 2.05) is 0 Å². The Hall–Kier alpha value is -1.24. The zero-order chi connectivity index (χ0) is 14.9. The summed E-state index contributed by atoms with van der Waals surface area (Å²) in [5.41, 5.74) is -0.369. The van der Waals surface area contributed by atoms with Crippen molar-refractivity contribution in [3.8, 4) is 0 Å². The van der Waals surface area contributed by atoms with E-state index in [9.17, 15) is 5.11 Å². The van der Waals surface area contributed by atoms with Crippen molar-refractivity contribution in [3.05, 3.63) is 18.0 Å². The number of aromatic nitrogens is 2. The fourth-order valence-corrected chi connectivity index (χ4v) is 3.04. The van der Waals surface area contributed by atoms with Crippen molar-refractivity contribution in [1.29, 1.82) is 0 Å². The molecular formula is C15H24N4O2. The van der Waals surface area contributed by atoms with Gasteiger partial charge in [0, 0.05) is 12.7 Å². The summed E-state index contributed by atoms with van der Waals surface area (Å²) in [5, 5.41) is 13.5. The molecule has 1 aromatic heterocycles. The van der Waals surface area contributed by atoms with Crippen molar-refractivity contribution in [2.45, 2.75) is 37.9 Å². The molecular weight excluding hydrogens is 268 g/mol. The number of nitrogens with one attached hydrogen (secondary N) is 1. The predicted molar refractivity (Wildman–Crippen MR) is 80.3 cm³/mol. The lowest BCUT2D eigenvalue weighted by Gasteiger charge is -2.45. The molecule has 1 spiro atoms. The molecule has 2 fully saturated rings. The Labute approximate surface area is 125 Å². The highest BCUT2D eigenvalue weighted by atomic mass is 16.5. The molecule has 0 unspecified atom stereocenters. The molecule has 0 bridgehead atoms. The number of piperidine rings is 1. The van der Waals surface area contributed by atoms with Crippen LogP contribution < -0.4 is 10.2 Å². The average Bonchev–Trinajstić information content (AvgIpc) is 2.47. The Morgan fingerprint density at radius 1 is 1.38 bits per heavy atom. The van der Waals surface area contributed by atoms with Crippen LogP contribution in [0.4, 0.5) is 5.95 Å². The lowest BCUT2D eigenvalue weighted by Crippen LogP contribution is -2.56. The van der Waals surface area contributed by atoms with Gasteiger partial charge < -0.3 is 20.1 Å². The summed E-state index contributed by atoms with van der Waals surface area (Å²) in [6.45, 7) is 7.81. The van der Waals surface area contributed by atoms with E-state index < -0.39 is 5.60 Å². The van der Waals surface area contributed by atoms with Gasteiger partial charge in [-0.2, -0.15) is 0 Å². The molecule has 116 valence electrons. The van der Waals surface area contributed by atoms with E-state index in [2.05, 4.69) is 20.2 Å². The van der Waals surface area contributed by atoms with Gasteiger partial charge in [0.05, 0.1) is 24.4 Å². The first-order chi connectivity index (χ1) is 9.99. The number of ether oxygens (including phenoxy) is 1. The zero-order valence-corrected chi connectivity index (χ0v) is 12.8. The van der Waals surface area contributed by atoms with E-state index in [4.69, 9.17) is 4.74 Å². The Morgan fingerprint density at radius 2 is 2.14 bits per heavy atom. The van der Waals surface area contributed by atoms with Gasteiger partial charge >= 0.3 is 0 Å². The van der Waals surface area contributed by atoms with Gasteiger partial charge in [-0.15, -0.1) is 0 Å². The molecule has 1 aromatic rings. The van der Waals surface area contributed by atoms with Crippen molar-refractivity contribution in [2.75, 3.05) is 37.7 Å². The first kappa shape index (κ1) is 14.7. The van der Waals surface area contributed by atoms with E-state index in [1.54, 1.807) is 26.1 Å². The number of hydrogen-bond donors (Lipinski definition) is 2. The summed E-state index contributed by atoms with van der Waals surface area (Å²) in [5.74, 6) is 0.691. The zero-order valence-electron chi connectivity index (χ0n) is 12.8. The molecule has 0 atom stereocenters. The summed E-state index contributed by atoms with van der Waals surface area (Å²) >= 11 is 0. The fourth-order valence-electron chi connectivity index (χ4n) is 3.04. The van der Waals surface area contributed by atoms with E-state index in [0.717, 1.165) is 39.0 Å². The third-order valence-corrected chi connectivity index (χ3v) is 4.32. The monoisotopic (exact) mass is 292 g/mol. The maximum Gasteiger partial charge on any atom is 0.225 e. The molecule has 6 heteroatoms. The van der Waals surface area contributed by atoms with Gasteiger partial charge in [0.2, 0.25) is 5.95 Å². The lowest BCUT2D eigenvalue weighted by atomic mass is 9.90. The molecule has 21 heavy (non-hydrogen) atoms. The third kappa shape index (κ3) is 3.17. The Bertz CT molecular complexity index is 489. The molecule has 2 N–H and O–H groups in total. The van der Waals surface area contributed by atoms with Gasteiger partial charge in [-0.1, -0.05) is 0 Å². The number of nitrogens with zero attached hydrogens (tertiary/aromatic N) is 3. The van der Waals surface area contributed by atoms with E-state index in [-0.39, 0.29) is 5.60 Å². The molecule has 2 aliphatic heterocycles. The summed E-state index contributed by atoms with van der Waals surface area (Å²) in [6, 6.07) is 1.77. The van der Waals surface area contributed by atoms with Crippen LogP contribution in [-0.2, 0) is 10.3 Å². The Morgan fingerprint density at radius 3 is 2.86 bits per heavy atom. The third-order valence-electron chi connectivity index (χ3n) is 4.32. The van der Waals surface area contributed by atoms with Crippen molar-refractivity contribution >= 4 is 5.95 Å². The van der Waals surface area contributed by atoms with Gasteiger partial charge in [-0.25, -0.2) is 9.97 Å². The molecule has 0 saturated carbocycles. The van der Waals surface area contributed by atoms with Crippen molar-refractivity contribution in [1.82, 2.24) is 15.3 Å². The second-order valence-corrected chi connectivity index (χ2v) is 6.50. The molecule has 3 heterocycles. The van der Waals surface area contributed by atoms with Crippen LogP contribution >= 0.6 is 0 Å². The van der Waals surface area contributed by atoms with Crippen LogP contribution in [-0.4, -0.2) is 53.5 Å². The Balaban J connectivity index is 1.80. The molecule has 3 rings (SSSR count).